The summed E-state index contributed by atoms with van der Waals surface area (Å²) in [6.45, 7) is 6.85. The van der Waals surface area contributed by atoms with Crippen molar-refractivity contribution in [3.63, 3.8) is 0 Å². The second-order valence-corrected chi connectivity index (χ2v) is 7.20. The van der Waals surface area contributed by atoms with Crippen molar-refractivity contribution in [3.8, 4) is 0 Å². The van der Waals surface area contributed by atoms with Gasteiger partial charge in [0.25, 0.3) is 0 Å². The van der Waals surface area contributed by atoms with Crippen LogP contribution in [0.2, 0.25) is 0 Å². The van der Waals surface area contributed by atoms with E-state index in [1.54, 1.807) is 0 Å². The largest absolute Gasteiger partial charge is 0.481 e. The van der Waals surface area contributed by atoms with Gasteiger partial charge >= 0.3 is 5.97 Å². The molecule has 2 aliphatic heterocycles. The second kappa shape index (κ2) is 8.14. The quantitative estimate of drug-likeness (QED) is 0.818. The summed E-state index contributed by atoms with van der Waals surface area (Å²) in [6, 6.07) is 0.760. The van der Waals surface area contributed by atoms with Gasteiger partial charge in [0.05, 0.1) is 0 Å². The number of piperidine rings is 2. The first-order chi connectivity index (χ1) is 10.1. The van der Waals surface area contributed by atoms with E-state index in [0.717, 1.165) is 12.6 Å². The molecule has 2 fully saturated rings. The first-order valence-electron chi connectivity index (χ1n) is 8.70. The summed E-state index contributed by atoms with van der Waals surface area (Å²) in [7, 11) is 2.26. The van der Waals surface area contributed by atoms with E-state index in [2.05, 4.69) is 23.8 Å². The van der Waals surface area contributed by atoms with Crippen molar-refractivity contribution in [2.24, 2.45) is 11.8 Å². The minimum atomic E-state index is -0.650. The number of carbonyl (C=O) groups is 1. The molecule has 2 saturated heterocycles. The molecular weight excluding hydrogens is 264 g/mol. The van der Waals surface area contributed by atoms with E-state index in [1.165, 1.54) is 58.2 Å². The van der Waals surface area contributed by atoms with Crippen LogP contribution >= 0.6 is 0 Å². The molecule has 0 aromatic carbocycles. The van der Waals surface area contributed by atoms with E-state index >= 15 is 0 Å². The summed E-state index contributed by atoms with van der Waals surface area (Å²) in [5.41, 5.74) is 0. The van der Waals surface area contributed by atoms with Crippen LogP contribution in [0, 0.1) is 11.8 Å². The topological polar surface area (TPSA) is 43.8 Å². The Hall–Kier alpha value is -0.610. The summed E-state index contributed by atoms with van der Waals surface area (Å²) < 4.78 is 0. The minimum absolute atomic E-state index is 0.308. The van der Waals surface area contributed by atoms with E-state index in [4.69, 9.17) is 5.11 Å². The maximum absolute atomic E-state index is 10.9. The standard InChI is InChI=1S/C17H32N2O2/c1-14(12-17(20)21)15-6-5-10-19(13-15)11-8-16-7-3-4-9-18(16)2/h14-16H,3-13H2,1-2H3,(H,20,21). The zero-order valence-electron chi connectivity index (χ0n) is 13.8. The van der Waals surface area contributed by atoms with Gasteiger partial charge in [0.1, 0.15) is 0 Å². The van der Waals surface area contributed by atoms with Crippen LogP contribution in [0.4, 0.5) is 0 Å². The highest BCUT2D eigenvalue weighted by Gasteiger charge is 2.27. The van der Waals surface area contributed by atoms with Gasteiger partial charge < -0.3 is 14.9 Å². The van der Waals surface area contributed by atoms with Crippen molar-refractivity contribution in [2.75, 3.05) is 33.2 Å². The summed E-state index contributed by atoms with van der Waals surface area (Å²) in [5, 5.41) is 8.96. The van der Waals surface area contributed by atoms with Crippen LogP contribution in [0.15, 0.2) is 0 Å². The Morgan fingerprint density at radius 2 is 2.05 bits per heavy atom. The molecule has 3 atom stereocenters. The van der Waals surface area contributed by atoms with Crippen molar-refractivity contribution < 1.29 is 9.90 Å². The van der Waals surface area contributed by atoms with Gasteiger partial charge in [-0.05, 0) is 70.6 Å². The van der Waals surface area contributed by atoms with Gasteiger partial charge in [-0.25, -0.2) is 0 Å². The van der Waals surface area contributed by atoms with Crippen LogP contribution in [0.5, 0.6) is 0 Å². The van der Waals surface area contributed by atoms with Crippen LogP contribution in [0.3, 0.4) is 0 Å². The van der Waals surface area contributed by atoms with Gasteiger partial charge in [-0.3, -0.25) is 4.79 Å². The lowest BCUT2D eigenvalue weighted by atomic mass is 9.84. The monoisotopic (exact) mass is 296 g/mol. The third-order valence-corrected chi connectivity index (χ3v) is 5.54. The number of hydrogen-bond donors (Lipinski definition) is 1. The molecule has 0 radical (unpaired) electrons. The molecule has 0 aromatic rings. The zero-order valence-corrected chi connectivity index (χ0v) is 13.8. The Bertz CT molecular complexity index is 335. The number of hydrogen-bond acceptors (Lipinski definition) is 3. The Morgan fingerprint density at radius 3 is 2.76 bits per heavy atom. The maximum Gasteiger partial charge on any atom is 0.303 e. The maximum atomic E-state index is 10.9. The smallest absolute Gasteiger partial charge is 0.303 e. The lowest BCUT2D eigenvalue weighted by Gasteiger charge is -2.38. The molecule has 3 unspecified atom stereocenters. The summed E-state index contributed by atoms with van der Waals surface area (Å²) in [5.74, 6) is 0.227. The van der Waals surface area contributed by atoms with E-state index in [9.17, 15) is 4.79 Å². The van der Waals surface area contributed by atoms with Crippen molar-refractivity contribution in [2.45, 2.75) is 57.9 Å². The van der Waals surface area contributed by atoms with Gasteiger partial charge in [-0.2, -0.15) is 0 Å². The Labute approximate surface area is 129 Å². The zero-order chi connectivity index (χ0) is 15.2. The molecule has 2 aliphatic rings. The molecule has 122 valence electrons. The first kappa shape index (κ1) is 16.8. The molecule has 0 bridgehead atoms. The normalized spacial score (nSPS) is 30.2. The lowest BCUT2D eigenvalue weighted by molar-refractivity contribution is -0.138. The average molecular weight is 296 g/mol. The third-order valence-electron chi connectivity index (χ3n) is 5.54. The highest BCUT2D eigenvalue weighted by Crippen LogP contribution is 2.27. The summed E-state index contributed by atoms with van der Waals surface area (Å²) in [6.07, 6.45) is 8.12. The molecule has 2 heterocycles. The molecule has 0 aromatic heterocycles. The molecule has 4 nitrogen and oxygen atoms in total. The number of nitrogens with zero attached hydrogens (tertiary/aromatic N) is 2. The van der Waals surface area contributed by atoms with Gasteiger partial charge in [0.2, 0.25) is 0 Å². The van der Waals surface area contributed by atoms with Crippen LogP contribution < -0.4 is 0 Å². The fourth-order valence-corrected chi connectivity index (χ4v) is 4.04. The Kier molecular flexibility index (Phi) is 6.49. The van der Waals surface area contributed by atoms with Crippen LogP contribution in [-0.2, 0) is 4.79 Å². The van der Waals surface area contributed by atoms with Crippen LogP contribution in [0.1, 0.15) is 51.9 Å². The van der Waals surface area contributed by atoms with Crippen molar-refractivity contribution >= 4 is 5.97 Å². The number of carboxylic acids is 1. The highest BCUT2D eigenvalue weighted by molar-refractivity contribution is 5.67. The molecule has 0 saturated carbocycles. The van der Waals surface area contributed by atoms with Crippen LogP contribution in [0.25, 0.3) is 0 Å². The van der Waals surface area contributed by atoms with Gasteiger partial charge in [-0.1, -0.05) is 13.3 Å². The highest BCUT2D eigenvalue weighted by atomic mass is 16.4. The lowest BCUT2D eigenvalue weighted by Crippen LogP contribution is -2.42. The van der Waals surface area contributed by atoms with Crippen molar-refractivity contribution in [1.29, 1.82) is 0 Å². The van der Waals surface area contributed by atoms with Crippen molar-refractivity contribution in [1.82, 2.24) is 9.80 Å². The number of aliphatic carboxylic acids is 1. The van der Waals surface area contributed by atoms with Crippen LogP contribution in [-0.4, -0.2) is 60.1 Å². The SMILES string of the molecule is CC(CC(=O)O)C1CCCN(CCC2CCCCN2C)C1. The van der Waals surface area contributed by atoms with E-state index in [0.29, 0.717) is 18.3 Å². The molecule has 0 amide bonds. The molecule has 21 heavy (non-hydrogen) atoms. The molecule has 4 heteroatoms. The fourth-order valence-electron chi connectivity index (χ4n) is 4.04. The number of carboxylic acid groups (broad SMARTS) is 1. The van der Waals surface area contributed by atoms with Crippen molar-refractivity contribution in [3.05, 3.63) is 0 Å². The first-order valence-corrected chi connectivity index (χ1v) is 8.70. The molecule has 0 aliphatic carbocycles. The van der Waals surface area contributed by atoms with Gasteiger partial charge in [-0.15, -0.1) is 0 Å². The number of likely N-dealkylation sites (tertiary alicyclic amines) is 2. The van der Waals surface area contributed by atoms with E-state index < -0.39 is 5.97 Å². The summed E-state index contributed by atoms with van der Waals surface area (Å²) in [4.78, 5) is 16.0. The van der Waals surface area contributed by atoms with Gasteiger partial charge in [0, 0.05) is 19.0 Å². The molecule has 0 spiro atoms. The fraction of sp³-hybridized carbons (Fsp3) is 0.941. The second-order valence-electron chi connectivity index (χ2n) is 7.20. The predicted octanol–water partition coefficient (Wildman–Crippen LogP) is 2.68. The molecular formula is C17H32N2O2. The Morgan fingerprint density at radius 1 is 1.24 bits per heavy atom. The number of rotatable bonds is 6. The third kappa shape index (κ3) is 5.26. The summed E-state index contributed by atoms with van der Waals surface area (Å²) >= 11 is 0. The van der Waals surface area contributed by atoms with E-state index in [1.807, 2.05) is 0 Å². The average Bonchev–Trinajstić information content (AvgIpc) is 2.46. The van der Waals surface area contributed by atoms with Gasteiger partial charge in [0.15, 0.2) is 0 Å². The predicted molar refractivity (Wildman–Crippen MR) is 85.5 cm³/mol. The Balaban J connectivity index is 1.74. The van der Waals surface area contributed by atoms with E-state index in [-0.39, 0.29) is 0 Å². The molecule has 1 N–H and O–H groups in total. The minimum Gasteiger partial charge on any atom is -0.481 e. The molecule has 2 rings (SSSR count).